The molecule has 4 aromatic rings. The van der Waals surface area contributed by atoms with Gasteiger partial charge in [0.05, 0.1) is 22.8 Å². The number of fused-ring (bicyclic) bond motifs is 1. The SMILES string of the molecule is O=C(Cn1nc(-c2cccs2)c2sc(N3CCOCC3)nc2c1=O)OCc1ccccc1. The third-order valence-electron chi connectivity index (χ3n) is 5.05. The van der Waals surface area contributed by atoms with Crippen molar-refractivity contribution in [2.24, 2.45) is 0 Å². The first-order chi connectivity index (χ1) is 15.7. The van der Waals surface area contributed by atoms with Crippen molar-refractivity contribution >= 4 is 44.0 Å². The lowest BCUT2D eigenvalue weighted by atomic mass is 10.2. The lowest BCUT2D eigenvalue weighted by molar-refractivity contribution is -0.146. The quantitative estimate of drug-likeness (QED) is 0.402. The third kappa shape index (κ3) is 4.29. The molecule has 0 saturated carbocycles. The highest BCUT2D eigenvalue weighted by molar-refractivity contribution is 7.23. The number of aromatic nitrogens is 3. The number of hydrogen-bond acceptors (Lipinski definition) is 9. The highest BCUT2D eigenvalue weighted by Crippen LogP contribution is 2.35. The van der Waals surface area contributed by atoms with Crippen molar-refractivity contribution in [3.8, 4) is 10.6 Å². The molecule has 1 saturated heterocycles. The predicted molar refractivity (Wildman–Crippen MR) is 124 cm³/mol. The summed E-state index contributed by atoms with van der Waals surface area (Å²) in [7, 11) is 0. The zero-order chi connectivity index (χ0) is 21.9. The van der Waals surface area contributed by atoms with E-state index in [4.69, 9.17) is 9.47 Å². The molecule has 0 amide bonds. The fourth-order valence-electron chi connectivity index (χ4n) is 3.43. The number of carbonyl (C=O) groups is 1. The molecule has 1 fully saturated rings. The van der Waals surface area contributed by atoms with Gasteiger partial charge in [0.25, 0.3) is 5.56 Å². The molecular weight excluding hydrogens is 448 g/mol. The average molecular weight is 469 g/mol. The first-order valence-corrected chi connectivity index (χ1v) is 11.9. The first-order valence-electron chi connectivity index (χ1n) is 10.2. The second-order valence-corrected chi connectivity index (χ2v) is 9.13. The van der Waals surface area contributed by atoms with Crippen molar-refractivity contribution in [2.75, 3.05) is 31.2 Å². The molecule has 1 aromatic carbocycles. The molecule has 10 heteroatoms. The van der Waals surface area contributed by atoms with E-state index in [-0.39, 0.29) is 13.2 Å². The summed E-state index contributed by atoms with van der Waals surface area (Å²) < 4.78 is 12.7. The summed E-state index contributed by atoms with van der Waals surface area (Å²) in [6.45, 7) is 2.58. The number of ether oxygens (including phenoxy) is 2. The number of benzene rings is 1. The second-order valence-electron chi connectivity index (χ2n) is 7.21. The van der Waals surface area contributed by atoms with Crippen LogP contribution in [-0.4, -0.2) is 47.0 Å². The lowest BCUT2D eigenvalue weighted by Gasteiger charge is -2.25. The van der Waals surface area contributed by atoms with E-state index in [2.05, 4.69) is 15.0 Å². The minimum atomic E-state index is -0.524. The minimum absolute atomic E-state index is 0.145. The number of morpholine rings is 1. The molecule has 5 rings (SSSR count). The van der Waals surface area contributed by atoms with Crippen LogP contribution in [-0.2, 0) is 27.4 Å². The van der Waals surface area contributed by atoms with Gasteiger partial charge in [0.15, 0.2) is 10.6 Å². The number of rotatable bonds is 6. The molecule has 0 radical (unpaired) electrons. The Morgan fingerprint density at radius 1 is 1.12 bits per heavy atom. The topological polar surface area (TPSA) is 86.5 Å². The number of nitrogens with zero attached hydrogens (tertiary/aromatic N) is 4. The van der Waals surface area contributed by atoms with Gasteiger partial charge in [-0.2, -0.15) is 5.10 Å². The summed E-state index contributed by atoms with van der Waals surface area (Å²) >= 11 is 2.98. The second kappa shape index (κ2) is 9.19. The number of thiophene rings is 1. The van der Waals surface area contributed by atoms with Gasteiger partial charge in [-0.05, 0) is 17.0 Å². The molecule has 0 spiro atoms. The number of carbonyl (C=O) groups excluding carboxylic acids is 1. The van der Waals surface area contributed by atoms with Gasteiger partial charge in [-0.1, -0.05) is 47.7 Å². The van der Waals surface area contributed by atoms with Gasteiger partial charge in [0.2, 0.25) is 0 Å². The summed E-state index contributed by atoms with van der Waals surface area (Å²) in [5.41, 5.74) is 1.46. The summed E-state index contributed by atoms with van der Waals surface area (Å²) in [5.74, 6) is -0.524. The standard InChI is InChI=1S/C22H20N4O4S2/c27-17(30-14-15-5-2-1-3-6-15)13-26-21(28)19-20(18(24-26)16-7-4-12-31-16)32-22(23-19)25-8-10-29-11-9-25/h1-7,12H,8-11,13-14H2. The molecule has 0 N–H and O–H groups in total. The molecule has 0 aliphatic carbocycles. The Labute approximate surface area is 191 Å². The molecule has 1 aliphatic rings. The number of esters is 1. The fourth-order valence-corrected chi connectivity index (χ4v) is 5.31. The maximum absolute atomic E-state index is 13.2. The van der Waals surface area contributed by atoms with Crippen LogP contribution < -0.4 is 10.5 Å². The molecule has 164 valence electrons. The van der Waals surface area contributed by atoms with Gasteiger partial charge in [-0.15, -0.1) is 11.3 Å². The van der Waals surface area contributed by atoms with Crippen LogP contribution in [0, 0.1) is 0 Å². The maximum atomic E-state index is 13.2. The zero-order valence-electron chi connectivity index (χ0n) is 17.1. The van der Waals surface area contributed by atoms with Crippen molar-refractivity contribution in [2.45, 2.75) is 13.2 Å². The zero-order valence-corrected chi connectivity index (χ0v) is 18.7. The summed E-state index contributed by atoms with van der Waals surface area (Å²) in [4.78, 5) is 33.3. The van der Waals surface area contributed by atoms with E-state index in [0.29, 0.717) is 24.4 Å². The van der Waals surface area contributed by atoms with Crippen LogP contribution in [0.2, 0.25) is 0 Å². The monoisotopic (exact) mass is 468 g/mol. The van der Waals surface area contributed by atoms with E-state index >= 15 is 0 Å². The van der Waals surface area contributed by atoms with Gasteiger partial charge >= 0.3 is 5.97 Å². The average Bonchev–Trinajstić information content (AvgIpc) is 3.52. The van der Waals surface area contributed by atoms with Gasteiger partial charge in [-0.25, -0.2) is 9.67 Å². The smallest absolute Gasteiger partial charge is 0.328 e. The predicted octanol–water partition coefficient (Wildman–Crippen LogP) is 3.16. The van der Waals surface area contributed by atoms with Crippen LogP contribution >= 0.6 is 22.7 Å². The van der Waals surface area contributed by atoms with Gasteiger partial charge in [-0.3, -0.25) is 9.59 Å². The number of anilines is 1. The van der Waals surface area contributed by atoms with Crippen molar-refractivity contribution in [1.29, 1.82) is 0 Å². The normalized spacial score (nSPS) is 14.1. The van der Waals surface area contributed by atoms with E-state index in [0.717, 1.165) is 38.0 Å². The Kier molecular flexibility index (Phi) is 5.97. The molecule has 32 heavy (non-hydrogen) atoms. The molecule has 0 atom stereocenters. The molecule has 3 aromatic heterocycles. The highest BCUT2D eigenvalue weighted by Gasteiger charge is 2.22. The van der Waals surface area contributed by atoms with Gasteiger partial charge in [0.1, 0.15) is 18.8 Å². The Morgan fingerprint density at radius 3 is 2.69 bits per heavy atom. The van der Waals surface area contributed by atoms with Crippen molar-refractivity contribution in [3.63, 3.8) is 0 Å². The maximum Gasteiger partial charge on any atom is 0.328 e. The molecule has 8 nitrogen and oxygen atoms in total. The van der Waals surface area contributed by atoms with Crippen LogP contribution in [0.5, 0.6) is 0 Å². The Bertz CT molecular complexity index is 1280. The summed E-state index contributed by atoms with van der Waals surface area (Å²) in [5, 5.41) is 7.26. The lowest BCUT2D eigenvalue weighted by Crippen LogP contribution is -2.36. The molecule has 1 aliphatic heterocycles. The fraction of sp³-hybridized carbons (Fsp3) is 0.273. The Balaban J connectivity index is 1.47. The third-order valence-corrected chi connectivity index (χ3v) is 7.05. The van der Waals surface area contributed by atoms with E-state index in [9.17, 15) is 9.59 Å². The molecule has 0 bridgehead atoms. The minimum Gasteiger partial charge on any atom is -0.459 e. The van der Waals surface area contributed by atoms with Crippen LogP contribution in [0.15, 0.2) is 52.6 Å². The van der Waals surface area contributed by atoms with E-state index < -0.39 is 11.5 Å². The van der Waals surface area contributed by atoms with Crippen molar-refractivity contribution in [3.05, 3.63) is 63.8 Å². The highest BCUT2D eigenvalue weighted by atomic mass is 32.1. The van der Waals surface area contributed by atoms with Gasteiger partial charge in [0, 0.05) is 13.1 Å². The van der Waals surface area contributed by atoms with Crippen LogP contribution in [0.25, 0.3) is 20.8 Å². The van der Waals surface area contributed by atoms with E-state index in [1.165, 1.54) is 22.7 Å². The Hall–Kier alpha value is -3.08. The van der Waals surface area contributed by atoms with Crippen molar-refractivity contribution < 1.29 is 14.3 Å². The van der Waals surface area contributed by atoms with E-state index in [1.54, 1.807) is 0 Å². The molecule has 4 heterocycles. The van der Waals surface area contributed by atoms with E-state index in [1.807, 2.05) is 47.8 Å². The van der Waals surface area contributed by atoms with Crippen LogP contribution in [0.4, 0.5) is 5.13 Å². The molecule has 0 unspecified atom stereocenters. The number of thiazole rings is 1. The van der Waals surface area contributed by atoms with Crippen LogP contribution in [0.1, 0.15) is 5.56 Å². The summed E-state index contributed by atoms with van der Waals surface area (Å²) in [6.07, 6.45) is 0. The molecular formula is C22H20N4O4S2. The first kappa shape index (κ1) is 20.8. The number of hydrogen-bond donors (Lipinski definition) is 0. The van der Waals surface area contributed by atoms with Gasteiger partial charge < -0.3 is 14.4 Å². The summed E-state index contributed by atoms with van der Waals surface area (Å²) in [6, 6.07) is 13.3. The van der Waals surface area contributed by atoms with Crippen LogP contribution in [0.3, 0.4) is 0 Å². The Morgan fingerprint density at radius 2 is 1.94 bits per heavy atom. The largest absolute Gasteiger partial charge is 0.459 e. The van der Waals surface area contributed by atoms with Crippen molar-refractivity contribution in [1.82, 2.24) is 14.8 Å².